The minimum atomic E-state index is -0.206. The summed E-state index contributed by atoms with van der Waals surface area (Å²) >= 11 is 0. The summed E-state index contributed by atoms with van der Waals surface area (Å²) in [5, 5.41) is 0. The van der Waals surface area contributed by atoms with Crippen LogP contribution in [0.5, 0.6) is 0 Å². The highest BCUT2D eigenvalue weighted by atomic mass is 16.7. The molecule has 0 aromatic heterocycles. The molecule has 0 N–H and O–H groups in total. The molecule has 4 unspecified atom stereocenters. The van der Waals surface area contributed by atoms with Crippen LogP contribution in [-0.4, -0.2) is 64.4 Å². The Bertz CT molecular complexity index is 325. The largest absolute Gasteiger partial charge is 0.382 e. The van der Waals surface area contributed by atoms with E-state index in [1.165, 1.54) is 0 Å². The van der Waals surface area contributed by atoms with Crippen molar-refractivity contribution >= 4 is 0 Å². The second-order valence-corrected chi connectivity index (χ2v) is 7.04. The first-order valence-corrected chi connectivity index (χ1v) is 10.0. The van der Waals surface area contributed by atoms with Crippen LogP contribution in [0.4, 0.5) is 0 Å². The van der Waals surface area contributed by atoms with Gasteiger partial charge in [0.05, 0.1) is 37.6 Å². The van der Waals surface area contributed by atoms with Crippen LogP contribution in [0.1, 0.15) is 54.4 Å². The molecule has 0 aromatic carbocycles. The van der Waals surface area contributed by atoms with E-state index < -0.39 is 0 Å². The molecular weight excluding hydrogens is 360 g/mol. The molecule has 0 aliphatic heterocycles. The Morgan fingerprint density at radius 1 is 0.643 bits per heavy atom. The van der Waals surface area contributed by atoms with Gasteiger partial charge in [-0.25, -0.2) is 0 Å². The summed E-state index contributed by atoms with van der Waals surface area (Å²) in [7, 11) is 3.37. The highest BCUT2D eigenvalue weighted by molar-refractivity contribution is 4.66. The third-order valence-corrected chi connectivity index (χ3v) is 3.50. The molecule has 0 fully saturated rings. The van der Waals surface area contributed by atoms with Gasteiger partial charge in [0.15, 0.2) is 12.6 Å². The lowest BCUT2D eigenvalue weighted by atomic mass is 10.3. The van der Waals surface area contributed by atoms with E-state index in [0.717, 1.165) is 12.8 Å². The summed E-state index contributed by atoms with van der Waals surface area (Å²) in [4.78, 5) is 0. The second-order valence-electron chi connectivity index (χ2n) is 7.04. The maximum atomic E-state index is 5.57. The van der Waals surface area contributed by atoms with Crippen molar-refractivity contribution in [2.75, 3.05) is 27.4 Å². The van der Waals surface area contributed by atoms with Crippen molar-refractivity contribution in [2.45, 2.75) is 91.4 Å². The van der Waals surface area contributed by atoms with Crippen LogP contribution < -0.4 is 0 Å². The lowest BCUT2D eigenvalue weighted by molar-refractivity contribution is -0.171. The molecule has 0 saturated heterocycles. The van der Waals surface area contributed by atoms with Crippen LogP contribution in [0, 0.1) is 0 Å². The smallest absolute Gasteiger partial charge is 0.160 e. The average Bonchev–Trinajstić information content (AvgIpc) is 2.63. The molecule has 0 aromatic rings. The van der Waals surface area contributed by atoms with E-state index in [0.29, 0.717) is 13.2 Å². The first kappa shape index (κ1) is 29.4. The molecule has 0 radical (unpaired) electrons. The average molecular weight is 405 g/mol. The van der Waals surface area contributed by atoms with Crippen LogP contribution in [0.15, 0.2) is 25.3 Å². The molecule has 0 aliphatic carbocycles. The van der Waals surface area contributed by atoms with Gasteiger partial charge in [-0.2, -0.15) is 0 Å². The lowest BCUT2D eigenvalue weighted by Crippen LogP contribution is -2.26. The third-order valence-electron chi connectivity index (χ3n) is 3.50. The van der Waals surface area contributed by atoms with Crippen LogP contribution in [0.25, 0.3) is 0 Å². The van der Waals surface area contributed by atoms with Crippen molar-refractivity contribution in [1.82, 2.24) is 0 Å². The Labute approximate surface area is 173 Å². The number of methoxy groups -OCH3 is 2. The first-order valence-electron chi connectivity index (χ1n) is 10.0. The van der Waals surface area contributed by atoms with E-state index in [1.807, 2.05) is 41.5 Å². The Morgan fingerprint density at radius 2 is 0.964 bits per heavy atom. The van der Waals surface area contributed by atoms with Crippen molar-refractivity contribution in [1.29, 1.82) is 0 Å². The highest BCUT2D eigenvalue weighted by Crippen LogP contribution is 2.10. The number of rotatable bonds is 16. The highest BCUT2D eigenvalue weighted by Gasteiger charge is 2.15. The fraction of sp³-hybridized carbons (Fsp3) is 0.818. The molecule has 0 heterocycles. The zero-order valence-corrected chi connectivity index (χ0v) is 19.3. The van der Waals surface area contributed by atoms with Gasteiger partial charge in [-0.15, -0.1) is 13.2 Å². The predicted octanol–water partition coefficient (Wildman–Crippen LogP) is 4.73. The zero-order chi connectivity index (χ0) is 21.9. The van der Waals surface area contributed by atoms with Gasteiger partial charge in [0.2, 0.25) is 0 Å². The molecule has 0 amide bonds. The molecule has 0 saturated carbocycles. The van der Waals surface area contributed by atoms with Crippen molar-refractivity contribution in [3.8, 4) is 0 Å². The van der Waals surface area contributed by atoms with Crippen LogP contribution in [0.2, 0.25) is 0 Å². The number of hydrogen-bond donors (Lipinski definition) is 0. The van der Waals surface area contributed by atoms with E-state index in [4.69, 9.17) is 28.4 Å². The maximum absolute atomic E-state index is 5.57. The second kappa shape index (κ2) is 19.6. The summed E-state index contributed by atoms with van der Waals surface area (Å²) in [6, 6.07) is 0. The number of ether oxygens (including phenoxy) is 6. The van der Waals surface area contributed by atoms with Gasteiger partial charge in [0.1, 0.15) is 0 Å². The molecule has 0 spiro atoms. The van der Waals surface area contributed by atoms with Gasteiger partial charge in [0.25, 0.3) is 0 Å². The summed E-state index contributed by atoms with van der Waals surface area (Å²) in [5.41, 5.74) is 0. The summed E-state index contributed by atoms with van der Waals surface area (Å²) in [6.07, 6.45) is 5.11. The fourth-order valence-electron chi connectivity index (χ4n) is 2.02. The van der Waals surface area contributed by atoms with Gasteiger partial charge in [-0.3, -0.25) is 0 Å². The summed E-state index contributed by atoms with van der Waals surface area (Å²) in [5.74, 6) is 0. The Balaban J connectivity index is 0. The normalized spacial score (nSPS) is 15.5. The SMILES string of the molecule is C=CCOC(CC(C)OC)OC(C)C.C=CCOC(CC(C)OC)OC(C)C. The van der Waals surface area contributed by atoms with E-state index in [1.54, 1.807) is 26.4 Å². The first-order chi connectivity index (χ1) is 13.2. The van der Waals surface area contributed by atoms with Crippen LogP contribution >= 0.6 is 0 Å². The zero-order valence-electron chi connectivity index (χ0n) is 19.3. The molecule has 4 atom stereocenters. The van der Waals surface area contributed by atoms with Gasteiger partial charge in [-0.1, -0.05) is 12.2 Å². The Kier molecular flexibility index (Phi) is 20.6. The lowest BCUT2D eigenvalue weighted by Gasteiger charge is -2.22. The van der Waals surface area contributed by atoms with Crippen molar-refractivity contribution in [3.63, 3.8) is 0 Å². The minimum absolute atomic E-state index is 0.142. The maximum Gasteiger partial charge on any atom is 0.160 e. The quantitative estimate of drug-likeness (QED) is 0.274. The predicted molar refractivity (Wildman–Crippen MR) is 114 cm³/mol. The minimum Gasteiger partial charge on any atom is -0.382 e. The standard InChI is InChI=1S/2C11H22O3/c2*1-6-7-13-11(14-9(2)3)8-10(4)12-5/h2*6,9-11H,1,7-8H2,2-5H3. The van der Waals surface area contributed by atoms with E-state index >= 15 is 0 Å². The van der Waals surface area contributed by atoms with Crippen LogP contribution in [-0.2, 0) is 28.4 Å². The van der Waals surface area contributed by atoms with Gasteiger partial charge in [-0.05, 0) is 41.5 Å². The number of hydrogen-bond acceptors (Lipinski definition) is 6. The molecule has 0 rings (SSSR count). The summed E-state index contributed by atoms with van der Waals surface area (Å²) < 4.78 is 32.4. The van der Waals surface area contributed by atoms with E-state index in [2.05, 4.69) is 13.2 Å². The van der Waals surface area contributed by atoms with Gasteiger partial charge in [0, 0.05) is 27.1 Å². The Morgan fingerprint density at radius 3 is 1.18 bits per heavy atom. The molecule has 0 aliphatic rings. The van der Waals surface area contributed by atoms with Gasteiger partial charge >= 0.3 is 0 Å². The molecule has 6 nitrogen and oxygen atoms in total. The topological polar surface area (TPSA) is 55.4 Å². The van der Waals surface area contributed by atoms with Crippen molar-refractivity contribution in [3.05, 3.63) is 25.3 Å². The summed E-state index contributed by atoms with van der Waals surface area (Å²) in [6.45, 7) is 20.2. The molecule has 168 valence electrons. The van der Waals surface area contributed by atoms with Crippen LogP contribution in [0.3, 0.4) is 0 Å². The molecular formula is C22H44O6. The van der Waals surface area contributed by atoms with Crippen molar-refractivity contribution in [2.24, 2.45) is 0 Å². The van der Waals surface area contributed by atoms with Crippen molar-refractivity contribution < 1.29 is 28.4 Å². The van der Waals surface area contributed by atoms with E-state index in [9.17, 15) is 0 Å². The van der Waals surface area contributed by atoms with Gasteiger partial charge < -0.3 is 28.4 Å². The van der Waals surface area contributed by atoms with E-state index in [-0.39, 0.29) is 37.0 Å². The fourth-order valence-corrected chi connectivity index (χ4v) is 2.02. The molecule has 0 bridgehead atoms. The molecule has 6 heteroatoms. The Hall–Kier alpha value is -0.760. The molecule has 28 heavy (non-hydrogen) atoms. The third kappa shape index (κ3) is 20.0. The monoisotopic (exact) mass is 404 g/mol.